The normalized spacial score (nSPS) is 14.1. The molecule has 0 atom stereocenters. The number of para-hydroxylation sites is 1. The maximum Gasteiger partial charge on any atom is 0.0983 e. The Balaban J connectivity index is 1.46. The van der Waals surface area contributed by atoms with Crippen LogP contribution in [-0.2, 0) is 20.1 Å². The van der Waals surface area contributed by atoms with Crippen LogP contribution < -0.4 is 10.2 Å². The van der Waals surface area contributed by atoms with E-state index in [2.05, 4.69) is 56.8 Å². The number of rotatable bonds is 6. The van der Waals surface area contributed by atoms with Crippen molar-refractivity contribution in [3.63, 3.8) is 0 Å². The van der Waals surface area contributed by atoms with E-state index in [1.807, 2.05) is 24.0 Å². The Bertz CT molecular complexity index is 850. The number of pyridine rings is 1. The average molecular weight is 347 g/mol. The molecule has 3 heterocycles. The summed E-state index contributed by atoms with van der Waals surface area (Å²) in [5.74, 6) is 0. The maximum atomic E-state index is 4.62. The van der Waals surface area contributed by atoms with Gasteiger partial charge in [-0.15, -0.1) is 0 Å². The van der Waals surface area contributed by atoms with E-state index in [9.17, 15) is 0 Å². The molecule has 1 N–H and O–H groups in total. The topological polar surface area (TPSA) is 46.0 Å². The summed E-state index contributed by atoms with van der Waals surface area (Å²) in [6.45, 7) is 3.98. The van der Waals surface area contributed by atoms with Crippen molar-refractivity contribution < 1.29 is 0 Å². The van der Waals surface area contributed by atoms with Crippen molar-refractivity contribution in [3.8, 4) is 11.3 Å². The fourth-order valence-electron chi connectivity index (χ4n) is 3.67. The van der Waals surface area contributed by atoms with Gasteiger partial charge in [-0.1, -0.05) is 18.2 Å². The fraction of sp³-hybridized carbons (Fsp3) is 0.333. The minimum atomic E-state index is 0.784. The predicted molar refractivity (Wildman–Crippen MR) is 105 cm³/mol. The molecule has 3 aromatic rings. The van der Waals surface area contributed by atoms with Gasteiger partial charge in [0.1, 0.15) is 0 Å². The number of aromatic nitrogens is 3. The summed E-state index contributed by atoms with van der Waals surface area (Å²) in [6.07, 6.45) is 8.34. The van der Waals surface area contributed by atoms with E-state index in [1.54, 1.807) is 6.20 Å². The molecule has 2 aromatic heterocycles. The molecule has 0 spiro atoms. The van der Waals surface area contributed by atoms with E-state index in [0.717, 1.165) is 24.3 Å². The number of hydrogen-bond donors (Lipinski definition) is 1. The summed E-state index contributed by atoms with van der Waals surface area (Å²) in [4.78, 5) is 6.72. The first kappa shape index (κ1) is 16.8. The van der Waals surface area contributed by atoms with Gasteiger partial charge in [-0.3, -0.25) is 9.67 Å². The van der Waals surface area contributed by atoms with Gasteiger partial charge in [0.15, 0.2) is 0 Å². The second-order valence-corrected chi connectivity index (χ2v) is 6.84. The Kier molecular flexibility index (Phi) is 4.97. The zero-order valence-corrected chi connectivity index (χ0v) is 15.2. The summed E-state index contributed by atoms with van der Waals surface area (Å²) in [6, 6.07) is 12.7. The number of hydrogen-bond acceptors (Lipinski definition) is 4. The zero-order chi connectivity index (χ0) is 17.8. The van der Waals surface area contributed by atoms with Gasteiger partial charge in [0.05, 0.1) is 5.69 Å². The molecule has 26 heavy (non-hydrogen) atoms. The minimum absolute atomic E-state index is 0.784. The van der Waals surface area contributed by atoms with Crippen molar-refractivity contribution in [1.29, 1.82) is 0 Å². The average Bonchev–Trinajstić information content (AvgIpc) is 3.33. The molecule has 1 aliphatic heterocycles. The van der Waals surface area contributed by atoms with Crippen molar-refractivity contribution in [2.45, 2.75) is 25.9 Å². The van der Waals surface area contributed by atoms with E-state index in [0.29, 0.717) is 0 Å². The van der Waals surface area contributed by atoms with Gasteiger partial charge in [0, 0.05) is 68.6 Å². The van der Waals surface area contributed by atoms with Crippen molar-refractivity contribution in [1.82, 2.24) is 20.1 Å². The molecule has 0 saturated carbocycles. The van der Waals surface area contributed by atoms with E-state index in [-0.39, 0.29) is 0 Å². The van der Waals surface area contributed by atoms with Crippen LogP contribution in [-0.4, -0.2) is 27.9 Å². The summed E-state index contributed by atoms with van der Waals surface area (Å²) in [7, 11) is 1.96. The number of aryl methyl sites for hydroxylation is 1. The van der Waals surface area contributed by atoms with Gasteiger partial charge in [-0.25, -0.2) is 0 Å². The molecule has 0 radical (unpaired) electrons. The van der Waals surface area contributed by atoms with Gasteiger partial charge in [0.2, 0.25) is 0 Å². The lowest BCUT2D eigenvalue weighted by Gasteiger charge is -2.21. The molecule has 1 fully saturated rings. The molecule has 1 aromatic carbocycles. The second kappa shape index (κ2) is 7.70. The largest absolute Gasteiger partial charge is 0.371 e. The standard InChI is InChI=1S/C21H25N5/c1-25-16-19(21(24-25)18-8-6-10-22-14-18)15-23-13-17-7-2-3-9-20(17)26-11-4-5-12-26/h2-3,6-10,14,16,23H,4-5,11-13,15H2,1H3. The Labute approximate surface area is 154 Å². The molecule has 0 amide bonds. The Morgan fingerprint density at radius 3 is 2.62 bits per heavy atom. The molecule has 0 bridgehead atoms. The summed E-state index contributed by atoms with van der Waals surface area (Å²) in [5, 5.41) is 8.22. The van der Waals surface area contributed by atoms with E-state index < -0.39 is 0 Å². The van der Waals surface area contributed by atoms with Crippen molar-refractivity contribution in [2.24, 2.45) is 7.05 Å². The van der Waals surface area contributed by atoms with E-state index >= 15 is 0 Å². The predicted octanol–water partition coefficient (Wildman–Crippen LogP) is 3.37. The highest BCUT2D eigenvalue weighted by molar-refractivity contribution is 5.61. The molecule has 0 unspecified atom stereocenters. The molecule has 1 saturated heterocycles. The van der Waals surface area contributed by atoms with Crippen molar-refractivity contribution in [3.05, 3.63) is 66.1 Å². The van der Waals surface area contributed by atoms with E-state index in [4.69, 9.17) is 0 Å². The zero-order valence-electron chi connectivity index (χ0n) is 15.2. The molecule has 134 valence electrons. The lowest BCUT2D eigenvalue weighted by Crippen LogP contribution is -2.21. The third-order valence-corrected chi connectivity index (χ3v) is 4.91. The van der Waals surface area contributed by atoms with Crippen molar-refractivity contribution >= 4 is 5.69 Å². The van der Waals surface area contributed by atoms with Gasteiger partial charge < -0.3 is 10.2 Å². The van der Waals surface area contributed by atoms with Gasteiger partial charge >= 0.3 is 0 Å². The van der Waals surface area contributed by atoms with Crippen LogP contribution in [0.25, 0.3) is 11.3 Å². The Morgan fingerprint density at radius 1 is 1.00 bits per heavy atom. The van der Waals surface area contributed by atoms with Crippen LogP contribution in [0.4, 0.5) is 5.69 Å². The molecule has 0 aliphatic carbocycles. The molecule has 1 aliphatic rings. The molecule has 4 rings (SSSR count). The smallest absolute Gasteiger partial charge is 0.0983 e. The van der Waals surface area contributed by atoms with Gasteiger partial charge in [-0.2, -0.15) is 5.10 Å². The molecule has 5 heteroatoms. The number of anilines is 1. The van der Waals surface area contributed by atoms with Crippen LogP contribution in [0.15, 0.2) is 55.0 Å². The van der Waals surface area contributed by atoms with Crippen molar-refractivity contribution in [2.75, 3.05) is 18.0 Å². The first-order valence-corrected chi connectivity index (χ1v) is 9.28. The SMILES string of the molecule is Cn1cc(CNCc2ccccc2N2CCCC2)c(-c2cccnc2)n1. The Hall–Kier alpha value is -2.66. The minimum Gasteiger partial charge on any atom is -0.371 e. The number of nitrogens with one attached hydrogen (secondary N) is 1. The number of nitrogens with zero attached hydrogens (tertiary/aromatic N) is 4. The van der Waals surface area contributed by atoms with Crippen LogP contribution in [0.1, 0.15) is 24.0 Å². The lowest BCUT2D eigenvalue weighted by molar-refractivity contribution is 0.690. The second-order valence-electron chi connectivity index (χ2n) is 6.84. The first-order chi connectivity index (χ1) is 12.8. The van der Waals surface area contributed by atoms with Gasteiger partial charge in [0.25, 0.3) is 0 Å². The highest BCUT2D eigenvalue weighted by Crippen LogP contribution is 2.25. The maximum absolute atomic E-state index is 4.62. The van der Waals surface area contributed by atoms with Crippen LogP contribution >= 0.6 is 0 Å². The molecule has 5 nitrogen and oxygen atoms in total. The summed E-state index contributed by atoms with van der Waals surface area (Å²) in [5.41, 5.74) is 5.99. The van der Waals surface area contributed by atoms with Crippen LogP contribution in [0.3, 0.4) is 0 Å². The quantitative estimate of drug-likeness (QED) is 0.743. The first-order valence-electron chi connectivity index (χ1n) is 9.28. The Morgan fingerprint density at radius 2 is 1.81 bits per heavy atom. The summed E-state index contributed by atoms with van der Waals surface area (Å²) < 4.78 is 1.87. The third kappa shape index (κ3) is 3.63. The van der Waals surface area contributed by atoms with Gasteiger partial charge in [-0.05, 0) is 36.6 Å². The monoisotopic (exact) mass is 347 g/mol. The third-order valence-electron chi connectivity index (χ3n) is 4.91. The highest BCUT2D eigenvalue weighted by Gasteiger charge is 2.15. The number of benzene rings is 1. The lowest BCUT2D eigenvalue weighted by atomic mass is 10.1. The summed E-state index contributed by atoms with van der Waals surface area (Å²) >= 11 is 0. The molecular weight excluding hydrogens is 322 g/mol. The van der Waals surface area contributed by atoms with E-state index in [1.165, 1.54) is 42.7 Å². The van der Waals surface area contributed by atoms with Crippen LogP contribution in [0.5, 0.6) is 0 Å². The van der Waals surface area contributed by atoms with Crippen LogP contribution in [0.2, 0.25) is 0 Å². The highest BCUT2D eigenvalue weighted by atomic mass is 15.3. The molecular formula is C21H25N5. The fourth-order valence-corrected chi connectivity index (χ4v) is 3.67. The van der Waals surface area contributed by atoms with Crippen LogP contribution in [0, 0.1) is 0 Å².